The number of hydrogen-bond acceptors (Lipinski definition) is 4. The second kappa shape index (κ2) is 10.1. The van der Waals surface area contributed by atoms with Gasteiger partial charge in [0.25, 0.3) is 5.91 Å². The molecule has 1 N–H and O–H groups in total. The Morgan fingerprint density at radius 1 is 1.10 bits per heavy atom. The monoisotopic (exact) mass is 427 g/mol. The van der Waals surface area contributed by atoms with E-state index < -0.39 is 11.7 Å². The Kier molecular flexibility index (Phi) is 7.58. The van der Waals surface area contributed by atoms with Gasteiger partial charge in [0.15, 0.2) is 6.61 Å². The molecule has 1 heterocycles. The highest BCUT2D eigenvalue weighted by molar-refractivity contribution is 5.79. The van der Waals surface area contributed by atoms with Crippen LogP contribution in [0.25, 0.3) is 0 Å². The first-order valence-corrected chi connectivity index (χ1v) is 10.4. The predicted molar refractivity (Wildman–Crippen MR) is 105 cm³/mol. The summed E-state index contributed by atoms with van der Waals surface area (Å²) in [6.07, 6.45) is -0.143. The third-order valence-corrected chi connectivity index (χ3v) is 5.67. The van der Waals surface area contributed by atoms with Gasteiger partial charge in [-0.2, -0.15) is 13.2 Å². The van der Waals surface area contributed by atoms with Gasteiger partial charge in [0.1, 0.15) is 5.75 Å². The zero-order valence-corrected chi connectivity index (χ0v) is 16.9. The lowest BCUT2D eigenvalue weighted by atomic mass is 10.1. The maximum Gasteiger partial charge on any atom is 0.416 e. The van der Waals surface area contributed by atoms with Crippen molar-refractivity contribution >= 4 is 11.8 Å². The smallest absolute Gasteiger partial charge is 0.416 e. The summed E-state index contributed by atoms with van der Waals surface area (Å²) in [6.45, 7) is 3.70. The van der Waals surface area contributed by atoms with Crippen LogP contribution in [0.3, 0.4) is 0 Å². The molecule has 1 aromatic rings. The maximum absolute atomic E-state index is 12.7. The molecule has 0 radical (unpaired) electrons. The predicted octanol–water partition coefficient (Wildman–Crippen LogP) is 2.53. The van der Waals surface area contributed by atoms with Gasteiger partial charge in [0.05, 0.1) is 5.56 Å². The quantitative estimate of drug-likeness (QED) is 0.727. The van der Waals surface area contributed by atoms with Crippen LogP contribution in [0.5, 0.6) is 5.75 Å². The van der Waals surface area contributed by atoms with Crippen molar-refractivity contribution in [1.82, 2.24) is 15.1 Å². The van der Waals surface area contributed by atoms with Gasteiger partial charge in [-0.1, -0.05) is 18.9 Å². The van der Waals surface area contributed by atoms with Crippen LogP contribution in [-0.4, -0.2) is 67.5 Å². The lowest BCUT2D eigenvalue weighted by molar-refractivity contribution is -0.138. The SMILES string of the molecule is O=C(COc1cccc(C(F)(F)F)c1)NCCN1CCN(C(=O)C2CCCC2)CC1. The number of carbonyl (C=O) groups excluding carboxylic acids is 2. The number of hydrogen-bond donors (Lipinski definition) is 1. The highest BCUT2D eigenvalue weighted by Crippen LogP contribution is 2.31. The Morgan fingerprint density at radius 3 is 2.47 bits per heavy atom. The number of nitrogens with zero attached hydrogens (tertiary/aromatic N) is 2. The molecule has 2 aliphatic rings. The molecule has 0 aromatic heterocycles. The van der Waals surface area contributed by atoms with E-state index >= 15 is 0 Å². The van der Waals surface area contributed by atoms with Gasteiger partial charge in [-0.25, -0.2) is 0 Å². The van der Waals surface area contributed by atoms with Crippen molar-refractivity contribution in [2.45, 2.75) is 31.9 Å². The van der Waals surface area contributed by atoms with E-state index in [1.165, 1.54) is 12.1 Å². The fraction of sp³-hybridized carbons (Fsp3) is 0.619. The lowest BCUT2D eigenvalue weighted by Crippen LogP contribution is -2.51. The molecule has 166 valence electrons. The van der Waals surface area contributed by atoms with Gasteiger partial charge >= 0.3 is 6.18 Å². The van der Waals surface area contributed by atoms with E-state index in [-0.39, 0.29) is 30.1 Å². The van der Waals surface area contributed by atoms with Crippen molar-refractivity contribution in [2.24, 2.45) is 5.92 Å². The fourth-order valence-corrected chi connectivity index (χ4v) is 3.94. The molecule has 0 bridgehead atoms. The van der Waals surface area contributed by atoms with Crippen molar-refractivity contribution < 1.29 is 27.5 Å². The van der Waals surface area contributed by atoms with Gasteiger partial charge in [0, 0.05) is 45.2 Å². The van der Waals surface area contributed by atoms with Crippen LogP contribution in [0.15, 0.2) is 24.3 Å². The number of carbonyl (C=O) groups is 2. The number of benzene rings is 1. The largest absolute Gasteiger partial charge is 0.484 e. The van der Waals surface area contributed by atoms with Crippen LogP contribution in [0.2, 0.25) is 0 Å². The van der Waals surface area contributed by atoms with E-state index in [2.05, 4.69) is 10.2 Å². The Morgan fingerprint density at radius 2 is 1.80 bits per heavy atom. The van der Waals surface area contributed by atoms with Crippen molar-refractivity contribution in [3.8, 4) is 5.75 Å². The van der Waals surface area contributed by atoms with Crippen LogP contribution in [0, 0.1) is 5.92 Å². The van der Waals surface area contributed by atoms with Crippen LogP contribution >= 0.6 is 0 Å². The highest BCUT2D eigenvalue weighted by Gasteiger charge is 2.31. The minimum Gasteiger partial charge on any atom is -0.484 e. The van der Waals surface area contributed by atoms with Crippen molar-refractivity contribution in [2.75, 3.05) is 45.9 Å². The van der Waals surface area contributed by atoms with Crippen LogP contribution < -0.4 is 10.1 Å². The minimum atomic E-state index is -4.45. The van der Waals surface area contributed by atoms with E-state index in [0.717, 1.165) is 50.9 Å². The molecule has 3 rings (SSSR count). The summed E-state index contributed by atoms with van der Waals surface area (Å²) in [4.78, 5) is 28.5. The Bertz CT molecular complexity index is 728. The van der Waals surface area contributed by atoms with Crippen molar-refractivity contribution in [1.29, 1.82) is 0 Å². The summed E-state index contributed by atoms with van der Waals surface area (Å²) in [6, 6.07) is 4.45. The number of halogens is 3. The van der Waals surface area contributed by atoms with Gasteiger partial charge in [-0.15, -0.1) is 0 Å². The third-order valence-electron chi connectivity index (χ3n) is 5.67. The molecule has 0 unspecified atom stereocenters. The van der Waals surface area contributed by atoms with E-state index in [0.29, 0.717) is 26.2 Å². The fourth-order valence-electron chi connectivity index (χ4n) is 3.94. The van der Waals surface area contributed by atoms with Crippen LogP contribution in [-0.2, 0) is 15.8 Å². The molecule has 1 aromatic carbocycles. The molecular weight excluding hydrogens is 399 g/mol. The van der Waals surface area contributed by atoms with E-state index in [1.807, 2.05) is 4.90 Å². The number of ether oxygens (including phenoxy) is 1. The normalized spacial score (nSPS) is 18.4. The molecule has 9 heteroatoms. The first-order valence-electron chi connectivity index (χ1n) is 10.4. The average Bonchev–Trinajstić information content (AvgIpc) is 3.27. The second-order valence-electron chi connectivity index (χ2n) is 7.81. The van der Waals surface area contributed by atoms with Gasteiger partial charge in [-0.05, 0) is 31.0 Å². The van der Waals surface area contributed by atoms with Gasteiger partial charge in [-0.3, -0.25) is 14.5 Å². The molecule has 0 atom stereocenters. The zero-order valence-electron chi connectivity index (χ0n) is 16.9. The minimum absolute atomic E-state index is 0.00280. The van der Waals surface area contributed by atoms with Gasteiger partial charge in [0.2, 0.25) is 5.91 Å². The Balaban J connectivity index is 1.31. The number of piperazine rings is 1. The van der Waals surface area contributed by atoms with E-state index in [9.17, 15) is 22.8 Å². The van der Waals surface area contributed by atoms with Crippen LogP contribution in [0.1, 0.15) is 31.2 Å². The summed E-state index contributed by atoms with van der Waals surface area (Å²) in [7, 11) is 0. The Hall–Kier alpha value is -2.29. The number of alkyl halides is 3. The van der Waals surface area contributed by atoms with Crippen LogP contribution in [0.4, 0.5) is 13.2 Å². The first-order chi connectivity index (χ1) is 14.3. The molecule has 1 saturated heterocycles. The lowest BCUT2D eigenvalue weighted by Gasteiger charge is -2.36. The third kappa shape index (κ3) is 6.35. The van der Waals surface area contributed by atoms with E-state index in [4.69, 9.17) is 4.74 Å². The maximum atomic E-state index is 12.7. The molecule has 1 saturated carbocycles. The summed E-state index contributed by atoms with van der Waals surface area (Å²) < 4.78 is 43.3. The first kappa shape index (κ1) is 22.4. The molecular formula is C21H28F3N3O3. The molecule has 2 fully saturated rings. The molecule has 6 nitrogen and oxygen atoms in total. The number of nitrogens with one attached hydrogen (secondary N) is 1. The highest BCUT2D eigenvalue weighted by atomic mass is 19.4. The summed E-state index contributed by atoms with van der Waals surface area (Å²) >= 11 is 0. The molecule has 2 amide bonds. The van der Waals surface area contributed by atoms with Crippen molar-refractivity contribution in [3.63, 3.8) is 0 Å². The van der Waals surface area contributed by atoms with E-state index in [1.54, 1.807) is 0 Å². The standard InChI is InChI=1S/C21H28F3N3O3/c22-21(23,24)17-6-3-7-18(14-17)30-15-19(28)25-8-9-26-10-12-27(13-11-26)20(29)16-4-1-2-5-16/h3,6-7,14,16H,1-2,4-5,8-13,15H2,(H,25,28). The molecule has 0 spiro atoms. The zero-order chi connectivity index (χ0) is 21.6. The second-order valence-corrected chi connectivity index (χ2v) is 7.81. The molecule has 30 heavy (non-hydrogen) atoms. The topological polar surface area (TPSA) is 61.9 Å². The average molecular weight is 427 g/mol. The number of amides is 2. The number of rotatable bonds is 7. The summed E-state index contributed by atoms with van der Waals surface area (Å²) in [5, 5.41) is 2.72. The molecule has 1 aliphatic heterocycles. The van der Waals surface area contributed by atoms with Gasteiger partial charge < -0.3 is 15.0 Å². The summed E-state index contributed by atoms with van der Waals surface area (Å²) in [5.74, 6) is 0.102. The van der Waals surface area contributed by atoms with Crippen molar-refractivity contribution in [3.05, 3.63) is 29.8 Å². The Labute approximate surface area is 174 Å². The molecule has 1 aliphatic carbocycles. The summed E-state index contributed by atoms with van der Waals surface area (Å²) in [5.41, 5.74) is -0.814.